The molecule has 1 aliphatic rings. The minimum atomic E-state index is -0.912. The largest absolute Gasteiger partial charge is 0.479 e. The Morgan fingerprint density at radius 2 is 1.52 bits per heavy atom. The van der Waals surface area contributed by atoms with Gasteiger partial charge in [-0.1, -0.05) is 96.8 Å². The van der Waals surface area contributed by atoms with Gasteiger partial charge in [-0.25, -0.2) is 4.79 Å². The van der Waals surface area contributed by atoms with Crippen LogP contribution in [0.1, 0.15) is 110 Å². The Morgan fingerprint density at radius 3 is 2.07 bits per heavy atom. The lowest BCUT2D eigenvalue weighted by molar-refractivity contribution is -0.152. The molecule has 0 saturated heterocycles. The number of carboxylic acid groups (broad SMARTS) is 1. The van der Waals surface area contributed by atoms with Crippen LogP contribution in [0.15, 0.2) is 0 Å². The van der Waals surface area contributed by atoms with Crippen molar-refractivity contribution in [3.63, 3.8) is 0 Å². The molecule has 0 amide bonds. The first-order valence-corrected chi connectivity index (χ1v) is 11.6. The average Bonchev–Trinajstić information content (AvgIpc) is 3.07. The number of aliphatic hydroxyl groups is 1. The first kappa shape index (κ1) is 24.4. The molecule has 0 bridgehead atoms. The Bertz CT molecular complexity index is 369. The van der Waals surface area contributed by atoms with E-state index < -0.39 is 18.2 Å². The number of hydrogen-bond donors (Lipinski definition) is 2. The van der Waals surface area contributed by atoms with Crippen LogP contribution in [0.5, 0.6) is 0 Å². The van der Waals surface area contributed by atoms with Crippen LogP contribution < -0.4 is 0 Å². The maximum Gasteiger partial charge on any atom is 0.332 e. The maximum atomic E-state index is 11.2. The van der Waals surface area contributed by atoms with E-state index in [4.69, 9.17) is 4.74 Å². The number of unbranched alkanes of at least 4 members (excludes halogenated alkanes) is 7. The van der Waals surface area contributed by atoms with Gasteiger partial charge >= 0.3 is 5.97 Å². The second kappa shape index (κ2) is 15.3. The summed E-state index contributed by atoms with van der Waals surface area (Å²) in [6.45, 7) is 3.98. The van der Waals surface area contributed by atoms with Crippen LogP contribution in [-0.2, 0) is 9.53 Å². The summed E-state index contributed by atoms with van der Waals surface area (Å²) in [5, 5.41) is 18.4. The molecule has 1 saturated carbocycles. The molecular weight excluding hydrogens is 340 g/mol. The van der Waals surface area contributed by atoms with E-state index in [1.165, 1.54) is 77.0 Å². The van der Waals surface area contributed by atoms with Crippen molar-refractivity contribution in [3.05, 3.63) is 0 Å². The standard InChI is InChI=1S/C23H44O4/c1-3-4-5-6-7-9-13-20-15-12-16-21(20)14-10-8-11-17-22(23(25)26)27-18-19(2)24/h19-22,24H,3-18H2,1-2H3,(H,25,26)/t19?,20-,21-,22?/m0/s1. The molecule has 4 nitrogen and oxygen atoms in total. The van der Waals surface area contributed by atoms with Crippen molar-refractivity contribution < 1.29 is 19.7 Å². The van der Waals surface area contributed by atoms with E-state index in [2.05, 4.69) is 6.92 Å². The van der Waals surface area contributed by atoms with Gasteiger partial charge in [0.2, 0.25) is 0 Å². The molecule has 2 unspecified atom stereocenters. The molecule has 0 spiro atoms. The van der Waals surface area contributed by atoms with Crippen molar-refractivity contribution in [2.45, 2.75) is 122 Å². The summed E-state index contributed by atoms with van der Waals surface area (Å²) >= 11 is 0. The lowest BCUT2D eigenvalue weighted by atomic mass is 9.86. The highest BCUT2D eigenvalue weighted by molar-refractivity contribution is 5.72. The maximum absolute atomic E-state index is 11.2. The quantitative estimate of drug-likeness (QED) is 0.304. The summed E-state index contributed by atoms with van der Waals surface area (Å²) in [5.41, 5.74) is 0. The normalized spacial score (nSPS) is 22.0. The van der Waals surface area contributed by atoms with Crippen LogP contribution in [0.2, 0.25) is 0 Å². The SMILES string of the molecule is CCCCCCCC[C@H]1CCC[C@@H]1CCCCCC(OCC(C)O)C(=O)O. The first-order valence-electron chi connectivity index (χ1n) is 11.6. The van der Waals surface area contributed by atoms with Crippen molar-refractivity contribution in [3.8, 4) is 0 Å². The zero-order chi connectivity index (χ0) is 19.9. The molecule has 0 aromatic carbocycles. The summed E-state index contributed by atoms with van der Waals surface area (Å²) < 4.78 is 5.29. The highest BCUT2D eigenvalue weighted by Gasteiger charge is 2.26. The van der Waals surface area contributed by atoms with Gasteiger partial charge in [-0.05, 0) is 25.2 Å². The van der Waals surface area contributed by atoms with Gasteiger partial charge < -0.3 is 14.9 Å². The van der Waals surface area contributed by atoms with Gasteiger partial charge in [0.05, 0.1) is 12.7 Å². The van der Waals surface area contributed by atoms with E-state index in [0.29, 0.717) is 6.42 Å². The number of rotatable bonds is 17. The van der Waals surface area contributed by atoms with Gasteiger partial charge in [0.25, 0.3) is 0 Å². The summed E-state index contributed by atoms with van der Waals surface area (Å²) in [4.78, 5) is 11.2. The zero-order valence-corrected chi connectivity index (χ0v) is 17.8. The topological polar surface area (TPSA) is 66.8 Å². The Morgan fingerprint density at radius 1 is 0.963 bits per heavy atom. The van der Waals surface area contributed by atoms with E-state index in [-0.39, 0.29) is 6.61 Å². The Labute approximate surface area is 167 Å². The number of aliphatic carboxylic acids is 1. The minimum absolute atomic E-state index is 0.0964. The molecule has 160 valence electrons. The molecule has 0 aliphatic heterocycles. The lowest BCUT2D eigenvalue weighted by Gasteiger charge is -2.20. The first-order chi connectivity index (χ1) is 13.0. The van der Waals surface area contributed by atoms with Crippen molar-refractivity contribution in [2.24, 2.45) is 11.8 Å². The molecule has 0 heterocycles. The fraction of sp³-hybridized carbons (Fsp3) is 0.957. The number of ether oxygens (including phenoxy) is 1. The summed E-state index contributed by atoms with van der Waals surface area (Å²) in [6, 6.07) is 0. The fourth-order valence-electron chi connectivity index (χ4n) is 4.51. The molecule has 4 heteroatoms. The van der Waals surface area contributed by atoms with Gasteiger partial charge in [-0.2, -0.15) is 0 Å². The van der Waals surface area contributed by atoms with Crippen LogP contribution >= 0.6 is 0 Å². The molecular formula is C23H44O4. The third-order valence-corrected chi connectivity index (χ3v) is 6.10. The van der Waals surface area contributed by atoms with Crippen LogP contribution in [0.3, 0.4) is 0 Å². The van der Waals surface area contributed by atoms with E-state index in [9.17, 15) is 15.0 Å². The highest BCUT2D eigenvalue weighted by Crippen LogP contribution is 2.38. The summed E-state index contributed by atoms with van der Waals surface area (Å²) in [6.07, 6.45) is 17.7. The summed E-state index contributed by atoms with van der Waals surface area (Å²) in [7, 11) is 0. The van der Waals surface area contributed by atoms with Gasteiger partial charge in [-0.3, -0.25) is 0 Å². The molecule has 0 radical (unpaired) electrons. The Balaban J connectivity index is 2.10. The Kier molecular flexibility index (Phi) is 13.9. The third-order valence-electron chi connectivity index (χ3n) is 6.10. The van der Waals surface area contributed by atoms with E-state index in [1.54, 1.807) is 6.92 Å². The van der Waals surface area contributed by atoms with Gasteiger partial charge in [0.15, 0.2) is 6.10 Å². The molecule has 1 fully saturated rings. The number of carbonyl (C=O) groups is 1. The van der Waals surface area contributed by atoms with Crippen molar-refractivity contribution >= 4 is 5.97 Å². The van der Waals surface area contributed by atoms with Crippen LogP contribution in [0.4, 0.5) is 0 Å². The van der Waals surface area contributed by atoms with E-state index >= 15 is 0 Å². The van der Waals surface area contributed by atoms with Gasteiger partial charge in [-0.15, -0.1) is 0 Å². The predicted octanol–water partition coefficient (Wildman–Crippen LogP) is 5.95. The molecule has 1 aliphatic carbocycles. The van der Waals surface area contributed by atoms with Crippen molar-refractivity contribution in [1.29, 1.82) is 0 Å². The lowest BCUT2D eigenvalue weighted by Crippen LogP contribution is -2.27. The number of carboxylic acids is 1. The molecule has 27 heavy (non-hydrogen) atoms. The van der Waals surface area contributed by atoms with Crippen molar-refractivity contribution in [1.82, 2.24) is 0 Å². The highest BCUT2D eigenvalue weighted by atomic mass is 16.5. The van der Waals surface area contributed by atoms with Crippen LogP contribution in [0, 0.1) is 11.8 Å². The number of hydrogen-bond acceptors (Lipinski definition) is 3. The average molecular weight is 385 g/mol. The van der Waals surface area contributed by atoms with Crippen molar-refractivity contribution in [2.75, 3.05) is 6.61 Å². The molecule has 0 aromatic rings. The van der Waals surface area contributed by atoms with Crippen LogP contribution in [-0.4, -0.2) is 35.0 Å². The number of aliphatic hydroxyl groups excluding tert-OH is 1. The molecule has 2 N–H and O–H groups in total. The Hall–Kier alpha value is -0.610. The molecule has 4 atom stereocenters. The predicted molar refractivity (Wildman–Crippen MR) is 111 cm³/mol. The van der Waals surface area contributed by atoms with Gasteiger partial charge in [0, 0.05) is 0 Å². The minimum Gasteiger partial charge on any atom is -0.479 e. The monoisotopic (exact) mass is 384 g/mol. The van der Waals surface area contributed by atoms with E-state index in [0.717, 1.165) is 24.7 Å². The van der Waals surface area contributed by atoms with Gasteiger partial charge in [0.1, 0.15) is 0 Å². The zero-order valence-electron chi connectivity index (χ0n) is 17.8. The smallest absolute Gasteiger partial charge is 0.332 e. The molecule has 0 aromatic heterocycles. The summed E-state index contributed by atoms with van der Waals surface area (Å²) in [5.74, 6) is 0.935. The molecule has 1 rings (SSSR count). The second-order valence-corrected chi connectivity index (χ2v) is 8.65. The van der Waals surface area contributed by atoms with E-state index in [1.807, 2.05) is 0 Å². The third kappa shape index (κ3) is 11.7. The second-order valence-electron chi connectivity index (χ2n) is 8.65. The fourth-order valence-corrected chi connectivity index (χ4v) is 4.51. The van der Waals surface area contributed by atoms with Crippen LogP contribution in [0.25, 0.3) is 0 Å².